The van der Waals surface area contributed by atoms with E-state index < -0.39 is 11.7 Å². The summed E-state index contributed by atoms with van der Waals surface area (Å²) in [5, 5.41) is 5.64. The van der Waals surface area contributed by atoms with Gasteiger partial charge < -0.3 is 15.4 Å². The van der Waals surface area contributed by atoms with Crippen LogP contribution in [0.5, 0.6) is 5.75 Å². The van der Waals surface area contributed by atoms with Gasteiger partial charge in [0.2, 0.25) is 0 Å². The van der Waals surface area contributed by atoms with Gasteiger partial charge in [0.05, 0.1) is 18.4 Å². The molecule has 0 heterocycles. The van der Waals surface area contributed by atoms with Gasteiger partial charge in [0, 0.05) is 28.9 Å². The minimum Gasteiger partial charge on any atom is -0.495 e. The molecule has 3 rings (SSSR count). The first kappa shape index (κ1) is 26.2. The topological polar surface area (TPSA) is 70.7 Å². The molecule has 0 saturated heterocycles. The number of amides is 2. The molecular weight excluding hydrogens is 469 g/mol. The third-order valence-corrected chi connectivity index (χ3v) is 5.85. The van der Waals surface area contributed by atoms with Crippen LogP contribution in [0.2, 0.25) is 5.02 Å². The Morgan fingerprint density at radius 2 is 1.71 bits per heavy atom. The van der Waals surface area contributed by atoms with E-state index in [0.717, 1.165) is 24.7 Å². The van der Waals surface area contributed by atoms with Gasteiger partial charge in [0.1, 0.15) is 11.6 Å². The quantitative estimate of drug-likeness (QED) is 0.368. The summed E-state index contributed by atoms with van der Waals surface area (Å²) in [4.78, 5) is 27.7. The van der Waals surface area contributed by atoms with Gasteiger partial charge in [-0.3, -0.25) is 14.5 Å². The summed E-state index contributed by atoms with van der Waals surface area (Å²) < 4.78 is 19.4. The molecule has 0 unspecified atom stereocenters. The van der Waals surface area contributed by atoms with E-state index in [9.17, 15) is 14.0 Å². The Kier molecular flexibility index (Phi) is 8.84. The van der Waals surface area contributed by atoms with Crippen LogP contribution in [-0.4, -0.2) is 36.4 Å². The highest BCUT2D eigenvalue weighted by atomic mass is 35.5. The van der Waals surface area contributed by atoms with Gasteiger partial charge in [-0.1, -0.05) is 30.7 Å². The number of nitrogens with one attached hydrogen (secondary N) is 2. The van der Waals surface area contributed by atoms with E-state index in [1.165, 1.54) is 19.2 Å². The number of carbonyl (C=O) groups excluding carboxylic acids is 2. The zero-order valence-electron chi connectivity index (χ0n) is 20.2. The van der Waals surface area contributed by atoms with Crippen molar-refractivity contribution >= 4 is 34.8 Å². The van der Waals surface area contributed by atoms with Gasteiger partial charge in [-0.05, 0) is 74.5 Å². The fraction of sp³-hybridized carbons (Fsp3) is 0.259. The van der Waals surface area contributed by atoms with Gasteiger partial charge in [0.25, 0.3) is 11.8 Å². The Bertz CT molecular complexity index is 1200. The molecule has 184 valence electrons. The largest absolute Gasteiger partial charge is 0.495 e. The standard InChI is InChI=1S/C27H29ClFN3O3/c1-5-32(17(2)3)16-18-6-8-19(9-7-18)26(33)30-21-11-13-25(35-4)24(15-21)31-27(34)22-12-10-20(28)14-23(22)29/h6-15,17H,5,16H2,1-4H3,(H,30,33)(H,31,34). The monoisotopic (exact) mass is 497 g/mol. The molecule has 0 aliphatic heterocycles. The molecule has 0 saturated carbocycles. The number of nitrogens with zero attached hydrogens (tertiary/aromatic N) is 1. The molecule has 3 aromatic rings. The first-order valence-electron chi connectivity index (χ1n) is 11.3. The second kappa shape index (κ2) is 11.8. The van der Waals surface area contributed by atoms with Gasteiger partial charge in [-0.2, -0.15) is 0 Å². The van der Waals surface area contributed by atoms with E-state index in [4.69, 9.17) is 16.3 Å². The van der Waals surface area contributed by atoms with Crippen LogP contribution < -0.4 is 15.4 Å². The minimum absolute atomic E-state index is 0.162. The Morgan fingerprint density at radius 3 is 2.31 bits per heavy atom. The lowest BCUT2D eigenvalue weighted by Gasteiger charge is -2.24. The first-order chi connectivity index (χ1) is 16.7. The fourth-order valence-electron chi connectivity index (χ4n) is 3.61. The SMILES string of the molecule is CCN(Cc1ccc(C(=O)Nc2ccc(OC)c(NC(=O)c3ccc(Cl)cc3F)c2)cc1)C(C)C. The molecule has 0 fully saturated rings. The Balaban J connectivity index is 1.73. The van der Waals surface area contributed by atoms with Crippen LogP contribution in [0.4, 0.5) is 15.8 Å². The highest BCUT2D eigenvalue weighted by Gasteiger charge is 2.16. The smallest absolute Gasteiger partial charge is 0.258 e. The molecule has 35 heavy (non-hydrogen) atoms. The Morgan fingerprint density at radius 1 is 1.00 bits per heavy atom. The summed E-state index contributed by atoms with van der Waals surface area (Å²) in [5.41, 5.74) is 2.20. The summed E-state index contributed by atoms with van der Waals surface area (Å²) in [7, 11) is 1.45. The number of halogens is 2. The summed E-state index contributed by atoms with van der Waals surface area (Å²) >= 11 is 5.76. The maximum atomic E-state index is 14.1. The van der Waals surface area contributed by atoms with E-state index in [2.05, 4.69) is 36.3 Å². The number of carbonyl (C=O) groups is 2. The highest BCUT2D eigenvalue weighted by Crippen LogP contribution is 2.29. The summed E-state index contributed by atoms with van der Waals surface area (Å²) in [5.74, 6) is -1.34. The molecule has 0 aliphatic rings. The number of rotatable bonds is 9. The third-order valence-electron chi connectivity index (χ3n) is 5.62. The molecule has 8 heteroatoms. The van der Waals surface area contributed by atoms with Crippen LogP contribution in [0.3, 0.4) is 0 Å². The molecule has 0 atom stereocenters. The maximum absolute atomic E-state index is 14.1. The third kappa shape index (κ3) is 6.81. The molecule has 6 nitrogen and oxygen atoms in total. The molecular formula is C27H29ClFN3O3. The molecule has 2 N–H and O–H groups in total. The molecule has 0 aliphatic carbocycles. The van der Waals surface area contributed by atoms with E-state index in [0.29, 0.717) is 23.0 Å². The van der Waals surface area contributed by atoms with Gasteiger partial charge in [-0.15, -0.1) is 0 Å². The number of benzene rings is 3. The van der Waals surface area contributed by atoms with Crippen LogP contribution in [0.15, 0.2) is 60.7 Å². The molecule has 0 aromatic heterocycles. The molecule has 0 spiro atoms. The predicted molar refractivity (Wildman–Crippen MR) is 138 cm³/mol. The summed E-state index contributed by atoms with van der Waals surface area (Å²) in [6, 6.07) is 16.5. The minimum atomic E-state index is -0.739. The molecule has 0 radical (unpaired) electrons. The fourth-order valence-corrected chi connectivity index (χ4v) is 3.76. The van der Waals surface area contributed by atoms with E-state index in [-0.39, 0.29) is 22.2 Å². The Hall–Kier alpha value is -3.42. The van der Waals surface area contributed by atoms with Crippen LogP contribution in [0, 0.1) is 5.82 Å². The van der Waals surface area contributed by atoms with Gasteiger partial charge >= 0.3 is 0 Å². The lowest BCUT2D eigenvalue weighted by molar-refractivity contribution is 0.101. The summed E-state index contributed by atoms with van der Waals surface area (Å²) in [6.45, 7) is 8.19. The van der Waals surface area contributed by atoms with Crippen molar-refractivity contribution in [3.8, 4) is 5.75 Å². The second-order valence-electron chi connectivity index (χ2n) is 8.30. The number of ether oxygens (including phenoxy) is 1. The maximum Gasteiger partial charge on any atom is 0.258 e. The predicted octanol–water partition coefficient (Wildman–Crippen LogP) is 6.22. The lowest BCUT2D eigenvalue weighted by Crippen LogP contribution is -2.29. The number of anilines is 2. The van der Waals surface area contributed by atoms with Gasteiger partial charge in [0.15, 0.2) is 0 Å². The van der Waals surface area contributed by atoms with Crippen LogP contribution in [0.1, 0.15) is 47.1 Å². The zero-order chi connectivity index (χ0) is 25.5. The molecule has 2 amide bonds. The van der Waals surface area contributed by atoms with Crippen LogP contribution in [0.25, 0.3) is 0 Å². The zero-order valence-corrected chi connectivity index (χ0v) is 20.9. The van der Waals surface area contributed by atoms with Gasteiger partial charge in [-0.25, -0.2) is 4.39 Å². The highest BCUT2D eigenvalue weighted by molar-refractivity contribution is 6.30. The van der Waals surface area contributed by atoms with Crippen molar-refractivity contribution in [2.24, 2.45) is 0 Å². The first-order valence-corrected chi connectivity index (χ1v) is 11.7. The van der Waals surface area contributed by atoms with Crippen molar-refractivity contribution < 1.29 is 18.7 Å². The van der Waals surface area contributed by atoms with E-state index in [1.54, 1.807) is 30.3 Å². The Labute approximate surface area is 210 Å². The van der Waals surface area contributed by atoms with Crippen molar-refractivity contribution in [1.29, 1.82) is 0 Å². The average Bonchev–Trinajstić information content (AvgIpc) is 2.82. The van der Waals surface area contributed by atoms with Crippen molar-refractivity contribution in [3.05, 3.63) is 88.2 Å². The molecule has 0 bridgehead atoms. The normalized spacial score (nSPS) is 11.0. The van der Waals surface area contributed by atoms with Crippen molar-refractivity contribution in [2.45, 2.75) is 33.4 Å². The van der Waals surface area contributed by atoms with Crippen molar-refractivity contribution in [3.63, 3.8) is 0 Å². The molecule has 3 aromatic carbocycles. The van der Waals surface area contributed by atoms with Crippen LogP contribution in [-0.2, 0) is 6.54 Å². The van der Waals surface area contributed by atoms with Crippen molar-refractivity contribution in [1.82, 2.24) is 4.90 Å². The summed E-state index contributed by atoms with van der Waals surface area (Å²) in [6.07, 6.45) is 0. The lowest BCUT2D eigenvalue weighted by atomic mass is 10.1. The average molecular weight is 498 g/mol. The van der Waals surface area contributed by atoms with Crippen molar-refractivity contribution in [2.75, 3.05) is 24.3 Å². The number of hydrogen-bond donors (Lipinski definition) is 2. The van der Waals surface area contributed by atoms with E-state index in [1.807, 2.05) is 12.1 Å². The van der Waals surface area contributed by atoms with Crippen LogP contribution >= 0.6 is 11.6 Å². The van der Waals surface area contributed by atoms with E-state index >= 15 is 0 Å². The number of methoxy groups -OCH3 is 1. The number of hydrogen-bond acceptors (Lipinski definition) is 4. The second-order valence-corrected chi connectivity index (χ2v) is 8.74.